The quantitative estimate of drug-likeness (QED) is 0.599. The summed E-state index contributed by atoms with van der Waals surface area (Å²) in [6.07, 6.45) is 0. The van der Waals surface area contributed by atoms with Crippen LogP contribution in [-0.4, -0.2) is 47.9 Å². The molecule has 1 aromatic heterocycles. The Morgan fingerprint density at radius 2 is 1.86 bits per heavy atom. The van der Waals surface area contributed by atoms with Gasteiger partial charge in [-0.15, -0.1) is 11.3 Å². The fraction of sp³-hybridized carbons (Fsp3) is 0.200. The van der Waals surface area contributed by atoms with Crippen LogP contribution in [0.5, 0.6) is 0 Å². The Labute approximate surface area is 170 Å². The van der Waals surface area contributed by atoms with Gasteiger partial charge >= 0.3 is 5.97 Å². The normalized spacial score (nSPS) is 10.6. The average molecular weight is 415 g/mol. The number of aromatic nitrogens is 1. The number of hydrogen-bond donors (Lipinski definition) is 1. The molecule has 2 aromatic carbocycles. The molecule has 0 aliphatic heterocycles. The van der Waals surface area contributed by atoms with Gasteiger partial charge in [0.2, 0.25) is 0 Å². The highest BCUT2D eigenvalue weighted by molar-refractivity contribution is 7.18. The Bertz CT molecular complexity index is 1020. The minimum Gasteiger partial charge on any atom is -0.454 e. The number of para-hydroxylation sites is 1. The lowest BCUT2D eigenvalue weighted by molar-refractivity contribution is -0.150. The largest absolute Gasteiger partial charge is 0.454 e. The third-order valence-electron chi connectivity index (χ3n) is 4.00. The van der Waals surface area contributed by atoms with E-state index in [-0.39, 0.29) is 5.56 Å². The number of thiazole rings is 1. The molecule has 9 heteroatoms. The Morgan fingerprint density at radius 3 is 2.62 bits per heavy atom. The van der Waals surface area contributed by atoms with Crippen LogP contribution in [0, 0.1) is 5.82 Å². The van der Waals surface area contributed by atoms with Gasteiger partial charge in [0.05, 0.1) is 22.3 Å². The number of likely N-dealkylation sites (N-methyl/N-ethyl adjacent to an activating group) is 1. The molecule has 0 bridgehead atoms. The second-order valence-electron chi connectivity index (χ2n) is 6.15. The molecular weight excluding hydrogens is 397 g/mol. The van der Waals surface area contributed by atoms with Crippen molar-refractivity contribution in [3.05, 3.63) is 64.9 Å². The number of carbonyl (C=O) groups excluding carboxylic acids is 3. The Kier molecular flexibility index (Phi) is 6.50. The van der Waals surface area contributed by atoms with E-state index >= 15 is 0 Å². The van der Waals surface area contributed by atoms with E-state index in [4.69, 9.17) is 4.74 Å². The number of ether oxygens (including phenoxy) is 1. The van der Waals surface area contributed by atoms with Gasteiger partial charge in [-0.05, 0) is 24.3 Å². The number of nitrogens with zero attached hydrogens (tertiary/aromatic N) is 2. The zero-order valence-electron chi connectivity index (χ0n) is 15.6. The molecule has 0 radical (unpaired) electrons. The van der Waals surface area contributed by atoms with Gasteiger partial charge in [-0.2, -0.15) is 0 Å². The zero-order chi connectivity index (χ0) is 20.8. The van der Waals surface area contributed by atoms with Gasteiger partial charge in [0.15, 0.2) is 6.61 Å². The summed E-state index contributed by atoms with van der Waals surface area (Å²) in [5.41, 5.74) is 0.692. The number of amides is 2. The summed E-state index contributed by atoms with van der Waals surface area (Å²) in [4.78, 5) is 41.6. The molecule has 0 saturated heterocycles. The molecule has 29 heavy (non-hydrogen) atoms. The van der Waals surface area contributed by atoms with Crippen molar-refractivity contribution >= 4 is 39.3 Å². The molecule has 0 fully saturated rings. The van der Waals surface area contributed by atoms with Crippen LogP contribution in [0.3, 0.4) is 0 Å². The first-order chi connectivity index (χ1) is 13.9. The van der Waals surface area contributed by atoms with Crippen LogP contribution in [0.2, 0.25) is 0 Å². The van der Waals surface area contributed by atoms with E-state index in [1.165, 1.54) is 34.4 Å². The molecule has 1 heterocycles. The number of benzene rings is 2. The summed E-state index contributed by atoms with van der Waals surface area (Å²) < 4.78 is 19.4. The Morgan fingerprint density at radius 1 is 1.14 bits per heavy atom. The van der Waals surface area contributed by atoms with E-state index in [9.17, 15) is 18.8 Å². The lowest BCUT2D eigenvalue weighted by Gasteiger charge is -2.15. The summed E-state index contributed by atoms with van der Waals surface area (Å²) in [5.74, 6) is -2.63. The van der Waals surface area contributed by atoms with Crippen molar-refractivity contribution in [3.8, 4) is 0 Å². The molecule has 7 nitrogen and oxygen atoms in total. The minimum absolute atomic E-state index is 0.174. The topological polar surface area (TPSA) is 88.6 Å². The number of halogens is 1. The van der Waals surface area contributed by atoms with Gasteiger partial charge in [-0.25, -0.2) is 9.37 Å². The Hall–Kier alpha value is -3.33. The monoisotopic (exact) mass is 415 g/mol. The van der Waals surface area contributed by atoms with E-state index in [1.54, 1.807) is 7.05 Å². The zero-order valence-corrected chi connectivity index (χ0v) is 16.4. The third-order valence-corrected chi connectivity index (χ3v) is 5.03. The Balaban J connectivity index is 1.43. The lowest BCUT2D eigenvalue weighted by atomic mass is 10.2. The van der Waals surface area contributed by atoms with Crippen LogP contribution in [0.4, 0.5) is 4.39 Å². The van der Waals surface area contributed by atoms with Crippen molar-refractivity contribution in [2.75, 3.05) is 20.2 Å². The van der Waals surface area contributed by atoms with Gasteiger partial charge in [0, 0.05) is 7.05 Å². The van der Waals surface area contributed by atoms with Crippen molar-refractivity contribution in [2.24, 2.45) is 0 Å². The van der Waals surface area contributed by atoms with Gasteiger partial charge < -0.3 is 15.0 Å². The van der Waals surface area contributed by atoms with E-state index in [0.717, 1.165) is 21.3 Å². The summed E-state index contributed by atoms with van der Waals surface area (Å²) in [6.45, 7) is -0.641. The van der Waals surface area contributed by atoms with Crippen LogP contribution >= 0.6 is 11.3 Å². The number of esters is 1. The van der Waals surface area contributed by atoms with Crippen LogP contribution in [-0.2, 0) is 20.9 Å². The van der Waals surface area contributed by atoms with Gasteiger partial charge in [0.1, 0.15) is 17.4 Å². The molecule has 150 valence electrons. The fourth-order valence-electron chi connectivity index (χ4n) is 2.48. The average Bonchev–Trinajstić information content (AvgIpc) is 3.12. The molecule has 2 amide bonds. The predicted molar refractivity (Wildman–Crippen MR) is 106 cm³/mol. The van der Waals surface area contributed by atoms with Gasteiger partial charge in [-0.3, -0.25) is 14.4 Å². The molecule has 3 aromatic rings. The summed E-state index contributed by atoms with van der Waals surface area (Å²) in [7, 11) is 1.59. The van der Waals surface area contributed by atoms with Crippen LogP contribution in [0.15, 0.2) is 48.5 Å². The van der Waals surface area contributed by atoms with Crippen molar-refractivity contribution in [1.82, 2.24) is 15.2 Å². The molecule has 0 saturated carbocycles. The minimum atomic E-state index is -0.795. The van der Waals surface area contributed by atoms with Crippen molar-refractivity contribution in [3.63, 3.8) is 0 Å². The second-order valence-corrected chi connectivity index (χ2v) is 7.26. The highest BCUT2D eigenvalue weighted by Crippen LogP contribution is 2.22. The highest BCUT2D eigenvalue weighted by Gasteiger charge is 2.16. The second kappa shape index (κ2) is 9.24. The molecule has 0 atom stereocenters. The summed E-state index contributed by atoms with van der Waals surface area (Å²) in [6, 6.07) is 13.1. The maximum atomic E-state index is 13.5. The highest BCUT2D eigenvalue weighted by atomic mass is 32.1. The molecule has 0 aliphatic rings. The van der Waals surface area contributed by atoms with E-state index in [2.05, 4.69) is 10.3 Å². The smallest absolute Gasteiger partial charge is 0.325 e. The summed E-state index contributed by atoms with van der Waals surface area (Å²) >= 11 is 1.49. The van der Waals surface area contributed by atoms with Crippen LogP contribution < -0.4 is 5.32 Å². The maximum Gasteiger partial charge on any atom is 0.325 e. The maximum absolute atomic E-state index is 13.5. The van der Waals surface area contributed by atoms with E-state index < -0.39 is 36.8 Å². The summed E-state index contributed by atoms with van der Waals surface area (Å²) in [5, 5.41) is 3.03. The van der Waals surface area contributed by atoms with Gasteiger partial charge in [-0.1, -0.05) is 24.3 Å². The molecule has 3 rings (SSSR count). The first-order valence-corrected chi connectivity index (χ1v) is 9.52. The molecule has 0 spiro atoms. The third kappa shape index (κ3) is 5.35. The molecule has 1 N–H and O–H groups in total. The SMILES string of the molecule is CN(Cc1nc2ccccc2s1)C(=O)COC(=O)CNC(=O)c1ccccc1F. The number of fused-ring (bicyclic) bond motifs is 1. The first-order valence-electron chi connectivity index (χ1n) is 8.71. The van der Waals surface area contributed by atoms with Crippen LogP contribution in [0.25, 0.3) is 10.2 Å². The predicted octanol–water partition coefficient (Wildman–Crippen LogP) is 2.37. The number of hydrogen-bond acceptors (Lipinski definition) is 6. The van der Waals surface area contributed by atoms with Gasteiger partial charge in [0.25, 0.3) is 11.8 Å². The standard InChI is InChI=1S/C20H18FN3O4S/c1-24(11-17-23-15-8-4-5-9-16(15)29-17)18(25)12-28-19(26)10-22-20(27)13-6-2-3-7-14(13)21/h2-9H,10-12H2,1H3,(H,22,27). The van der Waals surface area contributed by atoms with Crippen molar-refractivity contribution in [1.29, 1.82) is 0 Å². The fourth-order valence-corrected chi connectivity index (χ4v) is 3.50. The molecular formula is C20H18FN3O4S. The number of nitrogens with one attached hydrogen (secondary N) is 1. The molecule has 0 unspecified atom stereocenters. The molecule has 0 aliphatic carbocycles. The number of carbonyl (C=O) groups is 3. The number of rotatable bonds is 7. The van der Waals surface area contributed by atoms with Crippen molar-refractivity contribution < 1.29 is 23.5 Å². The van der Waals surface area contributed by atoms with Crippen LogP contribution in [0.1, 0.15) is 15.4 Å². The lowest BCUT2D eigenvalue weighted by Crippen LogP contribution is -2.34. The van der Waals surface area contributed by atoms with Crippen molar-refractivity contribution in [2.45, 2.75) is 6.54 Å². The van der Waals surface area contributed by atoms with E-state index in [0.29, 0.717) is 6.54 Å². The van der Waals surface area contributed by atoms with E-state index in [1.807, 2.05) is 24.3 Å². The first kappa shape index (κ1) is 20.4.